The molecule has 66 valence electrons. The first-order chi connectivity index (χ1) is 5.02. The van der Waals surface area contributed by atoms with Crippen LogP contribution in [0, 0.1) is 0 Å². The quantitative estimate of drug-likeness (QED) is 0.638. The minimum absolute atomic E-state index is 0.00959. The largest absolute Gasteiger partial charge is 0.440 e. The van der Waals surface area contributed by atoms with E-state index in [4.69, 9.17) is 4.89 Å². The second-order valence-electron chi connectivity index (χ2n) is 1.81. The Hall–Kier alpha value is 0.300. The molecule has 0 radical (unpaired) electrons. The van der Waals surface area contributed by atoms with Crippen LogP contribution in [0.2, 0.25) is 0 Å². The van der Waals surface area contributed by atoms with Crippen LogP contribution >= 0.6 is 14.6 Å². The average molecular weight is 202 g/mol. The molecule has 1 heterocycles. The van der Waals surface area contributed by atoms with Gasteiger partial charge in [-0.15, -0.1) is 0 Å². The lowest BCUT2D eigenvalue weighted by Gasteiger charge is -2.24. The maximum absolute atomic E-state index is 11.2. The highest BCUT2D eigenvalue weighted by Crippen LogP contribution is 2.81. The zero-order valence-corrected chi connectivity index (χ0v) is 7.59. The molecule has 0 saturated carbocycles. The number of hydrogen-bond donors (Lipinski definition) is 1. The van der Waals surface area contributed by atoms with Crippen molar-refractivity contribution in [3.05, 3.63) is 0 Å². The van der Waals surface area contributed by atoms with E-state index in [1.807, 2.05) is 0 Å². The molecule has 0 amide bonds. The minimum atomic E-state index is -4.20. The summed E-state index contributed by atoms with van der Waals surface area (Å²) >= 11 is 0. The fourth-order valence-corrected chi connectivity index (χ4v) is 3.80. The van der Waals surface area contributed by atoms with E-state index in [0.29, 0.717) is 0 Å². The van der Waals surface area contributed by atoms with E-state index >= 15 is 0 Å². The van der Waals surface area contributed by atoms with Crippen LogP contribution in [0.5, 0.6) is 0 Å². The van der Waals surface area contributed by atoms with Gasteiger partial charge in [0.15, 0.2) is 0 Å². The third-order valence-corrected chi connectivity index (χ3v) is 6.29. The van der Waals surface area contributed by atoms with E-state index < -0.39 is 14.6 Å². The van der Waals surface area contributed by atoms with Crippen molar-refractivity contribution >= 4 is 14.6 Å². The summed E-state index contributed by atoms with van der Waals surface area (Å²) in [7, 11) is -7.07. The molecular weight excluding hydrogens is 194 g/mol. The molecule has 0 bridgehead atoms. The summed E-state index contributed by atoms with van der Waals surface area (Å²) < 4.78 is 35.3. The molecule has 2 unspecified atom stereocenters. The SMILES string of the molecule is COP1(=O)OCCOP1(=O)O. The van der Waals surface area contributed by atoms with Crippen molar-refractivity contribution in [1.82, 2.24) is 0 Å². The third kappa shape index (κ3) is 1.56. The molecule has 0 aliphatic carbocycles. The maximum Gasteiger partial charge on any atom is 0.440 e. The summed E-state index contributed by atoms with van der Waals surface area (Å²) in [5.74, 6) is 0. The molecule has 1 saturated heterocycles. The Morgan fingerprint density at radius 1 is 1.36 bits per heavy atom. The van der Waals surface area contributed by atoms with Gasteiger partial charge in [0.1, 0.15) is 0 Å². The molecular formula is C3H8O6P2. The molecule has 0 aromatic rings. The van der Waals surface area contributed by atoms with Gasteiger partial charge in [0.25, 0.3) is 0 Å². The van der Waals surface area contributed by atoms with Crippen molar-refractivity contribution in [2.75, 3.05) is 20.3 Å². The minimum Gasteiger partial charge on any atom is -0.316 e. The first-order valence-electron chi connectivity index (χ1n) is 2.80. The molecule has 8 heteroatoms. The van der Waals surface area contributed by atoms with Crippen LogP contribution in [-0.4, -0.2) is 25.2 Å². The highest BCUT2D eigenvalue weighted by Gasteiger charge is 2.50. The Morgan fingerprint density at radius 2 is 1.91 bits per heavy atom. The van der Waals surface area contributed by atoms with Crippen molar-refractivity contribution < 1.29 is 27.6 Å². The van der Waals surface area contributed by atoms with Crippen molar-refractivity contribution in [3.63, 3.8) is 0 Å². The summed E-state index contributed by atoms with van der Waals surface area (Å²) in [6.07, 6.45) is 0. The molecule has 1 fully saturated rings. The second kappa shape index (κ2) is 2.98. The first-order valence-corrected chi connectivity index (χ1v) is 6.62. The highest BCUT2D eigenvalue weighted by atomic mass is 32.1. The van der Waals surface area contributed by atoms with E-state index in [0.717, 1.165) is 7.11 Å². The fourth-order valence-electron chi connectivity index (χ4n) is 0.608. The monoisotopic (exact) mass is 202 g/mol. The van der Waals surface area contributed by atoms with Crippen LogP contribution < -0.4 is 0 Å². The number of hydrogen-bond acceptors (Lipinski definition) is 5. The average Bonchev–Trinajstić information content (AvgIpc) is 1.95. The molecule has 1 rings (SSSR count). The first kappa shape index (κ1) is 9.39. The summed E-state index contributed by atoms with van der Waals surface area (Å²) in [4.78, 5) is 8.91. The van der Waals surface area contributed by atoms with Crippen molar-refractivity contribution in [3.8, 4) is 0 Å². The Balaban J connectivity index is 2.93. The van der Waals surface area contributed by atoms with E-state index in [9.17, 15) is 9.13 Å². The van der Waals surface area contributed by atoms with Crippen molar-refractivity contribution in [2.24, 2.45) is 0 Å². The second-order valence-corrected chi connectivity index (χ2v) is 7.59. The zero-order chi connectivity index (χ0) is 8.54. The highest BCUT2D eigenvalue weighted by molar-refractivity contribution is 8.27. The molecule has 1 N–H and O–H groups in total. The molecule has 2 atom stereocenters. The van der Waals surface area contributed by atoms with Crippen LogP contribution in [0.3, 0.4) is 0 Å². The molecule has 1 aliphatic rings. The van der Waals surface area contributed by atoms with E-state index in [1.54, 1.807) is 0 Å². The summed E-state index contributed by atoms with van der Waals surface area (Å²) in [6.45, 7) is -0.0310. The van der Waals surface area contributed by atoms with Gasteiger partial charge in [-0.05, 0) is 0 Å². The Morgan fingerprint density at radius 3 is 2.27 bits per heavy atom. The van der Waals surface area contributed by atoms with E-state index in [-0.39, 0.29) is 13.2 Å². The van der Waals surface area contributed by atoms with Crippen molar-refractivity contribution in [2.45, 2.75) is 0 Å². The van der Waals surface area contributed by atoms with Gasteiger partial charge in [0, 0.05) is 7.11 Å². The van der Waals surface area contributed by atoms with Gasteiger partial charge in [0.2, 0.25) is 0 Å². The summed E-state index contributed by atoms with van der Waals surface area (Å²) in [5.41, 5.74) is 0. The van der Waals surface area contributed by atoms with Crippen LogP contribution in [0.25, 0.3) is 0 Å². The van der Waals surface area contributed by atoms with E-state index in [2.05, 4.69) is 13.6 Å². The maximum atomic E-state index is 11.2. The predicted octanol–water partition coefficient (Wildman–Crippen LogP) is 0.973. The normalized spacial score (nSPS) is 45.6. The topological polar surface area (TPSA) is 82.1 Å². The molecule has 0 aromatic carbocycles. The molecule has 11 heavy (non-hydrogen) atoms. The van der Waals surface area contributed by atoms with Crippen LogP contribution in [0.1, 0.15) is 0 Å². The van der Waals surface area contributed by atoms with Gasteiger partial charge < -0.3 is 9.42 Å². The van der Waals surface area contributed by atoms with Gasteiger partial charge in [-0.2, -0.15) is 0 Å². The lowest BCUT2D eigenvalue weighted by molar-refractivity contribution is 0.149. The van der Waals surface area contributed by atoms with Crippen LogP contribution in [-0.2, 0) is 22.7 Å². The summed E-state index contributed by atoms with van der Waals surface area (Å²) in [5, 5.41) is 0. The standard InChI is InChI=1S/C3H8O6P2/c1-7-11(6)9-3-2-8-10(11,4)5/h2-3H2,1H3,(H,4,5). The Kier molecular flexibility index (Phi) is 2.54. The lowest BCUT2D eigenvalue weighted by atomic mass is 10.8. The predicted molar refractivity (Wildman–Crippen MR) is 36.3 cm³/mol. The molecule has 1 aliphatic heterocycles. The van der Waals surface area contributed by atoms with Gasteiger partial charge >= 0.3 is 14.6 Å². The molecule has 0 aromatic heterocycles. The third-order valence-electron chi connectivity index (χ3n) is 1.14. The van der Waals surface area contributed by atoms with Gasteiger partial charge in [0.05, 0.1) is 13.2 Å². The van der Waals surface area contributed by atoms with Gasteiger partial charge in [-0.25, -0.2) is 9.13 Å². The Bertz CT molecular complexity index is 236. The van der Waals surface area contributed by atoms with Crippen LogP contribution in [0.4, 0.5) is 0 Å². The smallest absolute Gasteiger partial charge is 0.316 e. The Labute approximate surface area is 63.4 Å². The van der Waals surface area contributed by atoms with E-state index in [1.165, 1.54) is 0 Å². The number of rotatable bonds is 1. The van der Waals surface area contributed by atoms with Gasteiger partial charge in [-0.1, -0.05) is 0 Å². The fraction of sp³-hybridized carbons (Fsp3) is 1.00. The van der Waals surface area contributed by atoms with Gasteiger partial charge in [-0.3, -0.25) is 9.05 Å². The van der Waals surface area contributed by atoms with Crippen LogP contribution in [0.15, 0.2) is 0 Å². The summed E-state index contributed by atoms with van der Waals surface area (Å²) in [6, 6.07) is 0. The zero-order valence-electron chi connectivity index (χ0n) is 5.80. The van der Waals surface area contributed by atoms with Crippen molar-refractivity contribution in [1.29, 1.82) is 0 Å². The lowest BCUT2D eigenvalue weighted by Crippen LogP contribution is -2.10. The molecule has 0 spiro atoms. The molecule has 6 nitrogen and oxygen atoms in total.